The minimum atomic E-state index is -0.653. The molecule has 2 rings (SSSR count). The van der Waals surface area contributed by atoms with Crippen molar-refractivity contribution in [1.82, 2.24) is 9.89 Å². The molecule has 0 unspecified atom stereocenters. The van der Waals surface area contributed by atoms with Crippen LogP contribution >= 0.6 is 0 Å². The smallest absolute Gasteiger partial charge is 0.428 e. The third-order valence-corrected chi connectivity index (χ3v) is 2.31. The third-order valence-electron chi connectivity index (χ3n) is 2.31. The number of hydrogen-bond acceptors (Lipinski definition) is 5. The van der Waals surface area contributed by atoms with Crippen LogP contribution in [0.2, 0.25) is 0 Å². The molecule has 0 aliphatic rings. The normalized spacial score (nSPS) is 11.3. The van der Waals surface area contributed by atoms with E-state index < -0.39 is 16.6 Å². The SMILES string of the molecule is CC(C)(C)OC(=O)Nn1cc2ccc([N+](=O)[O-])cc2n1. The molecule has 0 spiro atoms. The van der Waals surface area contributed by atoms with Gasteiger partial charge in [-0.25, -0.2) is 10.2 Å². The van der Waals surface area contributed by atoms with Crippen LogP contribution in [0.1, 0.15) is 20.8 Å². The van der Waals surface area contributed by atoms with Gasteiger partial charge in [0.25, 0.3) is 5.69 Å². The molecule has 1 aromatic heterocycles. The summed E-state index contributed by atoms with van der Waals surface area (Å²) in [5, 5.41) is 15.4. The lowest BCUT2D eigenvalue weighted by Gasteiger charge is -2.19. The molecule has 0 saturated carbocycles. The lowest BCUT2D eigenvalue weighted by molar-refractivity contribution is -0.384. The summed E-state index contributed by atoms with van der Waals surface area (Å²) in [6.07, 6.45) is 0.892. The van der Waals surface area contributed by atoms with Gasteiger partial charge in [-0.15, -0.1) is 0 Å². The molecule has 0 bridgehead atoms. The van der Waals surface area contributed by atoms with Gasteiger partial charge in [0.2, 0.25) is 0 Å². The monoisotopic (exact) mass is 278 g/mol. The fourth-order valence-electron chi connectivity index (χ4n) is 1.57. The average Bonchev–Trinajstić information content (AvgIpc) is 2.66. The van der Waals surface area contributed by atoms with E-state index in [4.69, 9.17) is 4.74 Å². The van der Waals surface area contributed by atoms with Gasteiger partial charge in [-0.2, -0.15) is 9.89 Å². The lowest BCUT2D eigenvalue weighted by Crippen LogP contribution is -2.31. The molecular weight excluding hydrogens is 264 g/mol. The van der Waals surface area contributed by atoms with E-state index in [1.165, 1.54) is 16.9 Å². The first-order chi connectivity index (χ1) is 9.24. The standard InChI is InChI=1S/C12H14N4O4/c1-12(2,3)20-11(17)14-15-7-8-4-5-9(16(18)19)6-10(8)13-15/h4-7H,1-3H3,(H,14,17). The maximum atomic E-state index is 11.6. The number of carbonyl (C=O) groups is 1. The van der Waals surface area contributed by atoms with E-state index in [2.05, 4.69) is 10.5 Å². The number of fused-ring (bicyclic) bond motifs is 1. The number of nitrogens with one attached hydrogen (secondary N) is 1. The van der Waals surface area contributed by atoms with Crippen LogP contribution in [0.5, 0.6) is 0 Å². The number of nitro benzene ring substituents is 1. The number of benzene rings is 1. The van der Waals surface area contributed by atoms with E-state index in [0.717, 1.165) is 0 Å². The molecule has 1 amide bonds. The summed E-state index contributed by atoms with van der Waals surface area (Å²) in [6, 6.07) is 4.28. The van der Waals surface area contributed by atoms with Crippen LogP contribution in [0.3, 0.4) is 0 Å². The summed E-state index contributed by atoms with van der Waals surface area (Å²) in [5.41, 5.74) is 2.15. The second-order valence-electron chi connectivity index (χ2n) is 5.19. The Balaban J connectivity index is 2.20. The molecule has 106 valence electrons. The van der Waals surface area contributed by atoms with Gasteiger partial charge in [0, 0.05) is 17.5 Å². The molecule has 8 nitrogen and oxygen atoms in total. The Morgan fingerprint density at radius 3 is 2.75 bits per heavy atom. The summed E-state index contributed by atoms with van der Waals surface area (Å²) >= 11 is 0. The van der Waals surface area contributed by atoms with Gasteiger partial charge in [-0.1, -0.05) is 0 Å². The summed E-state index contributed by atoms with van der Waals surface area (Å²) in [4.78, 5) is 22.9. The summed E-state index contributed by atoms with van der Waals surface area (Å²) in [7, 11) is 0. The van der Waals surface area contributed by atoms with Crippen molar-refractivity contribution in [2.45, 2.75) is 26.4 Å². The summed E-state index contributed by atoms with van der Waals surface area (Å²) in [6.45, 7) is 5.24. The van der Waals surface area contributed by atoms with Crippen molar-refractivity contribution < 1.29 is 14.5 Å². The summed E-state index contributed by atoms with van der Waals surface area (Å²) < 4.78 is 5.08. The van der Waals surface area contributed by atoms with E-state index in [9.17, 15) is 14.9 Å². The highest BCUT2D eigenvalue weighted by atomic mass is 16.6. The minimum Gasteiger partial charge on any atom is -0.443 e. The highest BCUT2D eigenvalue weighted by molar-refractivity contribution is 5.82. The van der Waals surface area contributed by atoms with Gasteiger partial charge in [-0.05, 0) is 26.8 Å². The van der Waals surface area contributed by atoms with E-state index >= 15 is 0 Å². The highest BCUT2D eigenvalue weighted by Gasteiger charge is 2.17. The number of rotatable bonds is 2. The number of non-ortho nitro benzene ring substituents is 1. The molecule has 0 radical (unpaired) electrons. The van der Waals surface area contributed by atoms with Crippen molar-refractivity contribution in [1.29, 1.82) is 0 Å². The van der Waals surface area contributed by atoms with Gasteiger partial charge in [-0.3, -0.25) is 10.1 Å². The molecule has 1 N–H and O–H groups in total. The Labute approximate surface area is 114 Å². The molecule has 0 fully saturated rings. The van der Waals surface area contributed by atoms with Crippen LogP contribution < -0.4 is 5.43 Å². The number of nitrogens with zero attached hydrogens (tertiary/aromatic N) is 3. The van der Waals surface area contributed by atoms with Crippen LogP contribution in [0.4, 0.5) is 10.5 Å². The molecule has 2 aromatic rings. The molecule has 0 aliphatic heterocycles. The fourth-order valence-corrected chi connectivity index (χ4v) is 1.57. The van der Waals surface area contributed by atoms with Crippen LogP contribution in [0.25, 0.3) is 10.9 Å². The Morgan fingerprint density at radius 1 is 1.45 bits per heavy atom. The Morgan fingerprint density at radius 2 is 2.15 bits per heavy atom. The van der Waals surface area contributed by atoms with Gasteiger partial charge in [0.05, 0.1) is 11.1 Å². The van der Waals surface area contributed by atoms with Crippen molar-refractivity contribution >= 4 is 22.7 Å². The average molecular weight is 278 g/mol. The van der Waals surface area contributed by atoms with E-state index in [1.807, 2.05) is 0 Å². The van der Waals surface area contributed by atoms with Crippen molar-refractivity contribution in [3.63, 3.8) is 0 Å². The second kappa shape index (κ2) is 4.80. The van der Waals surface area contributed by atoms with Crippen LogP contribution in [-0.4, -0.2) is 26.5 Å². The van der Waals surface area contributed by atoms with E-state index in [1.54, 1.807) is 33.0 Å². The van der Waals surface area contributed by atoms with Crippen molar-refractivity contribution in [3.05, 3.63) is 34.5 Å². The first-order valence-corrected chi connectivity index (χ1v) is 5.88. The number of aromatic nitrogens is 2. The molecule has 0 saturated heterocycles. The van der Waals surface area contributed by atoms with Crippen LogP contribution in [0, 0.1) is 10.1 Å². The maximum Gasteiger partial charge on any atom is 0.428 e. The fraction of sp³-hybridized carbons (Fsp3) is 0.333. The molecular formula is C12H14N4O4. The summed E-state index contributed by atoms with van der Waals surface area (Å²) in [5.74, 6) is 0. The number of ether oxygens (including phenoxy) is 1. The first kappa shape index (κ1) is 13.8. The third kappa shape index (κ3) is 3.22. The highest BCUT2D eigenvalue weighted by Crippen LogP contribution is 2.19. The largest absolute Gasteiger partial charge is 0.443 e. The van der Waals surface area contributed by atoms with Crippen molar-refractivity contribution in [2.24, 2.45) is 0 Å². The van der Waals surface area contributed by atoms with Gasteiger partial charge in [0.15, 0.2) is 0 Å². The zero-order chi connectivity index (χ0) is 14.9. The number of nitro groups is 1. The first-order valence-electron chi connectivity index (χ1n) is 5.88. The Bertz CT molecular complexity index is 672. The second-order valence-corrected chi connectivity index (χ2v) is 5.19. The molecule has 1 heterocycles. The number of hydrogen-bond donors (Lipinski definition) is 1. The number of carbonyl (C=O) groups excluding carboxylic acids is 1. The molecule has 20 heavy (non-hydrogen) atoms. The van der Waals surface area contributed by atoms with Gasteiger partial charge < -0.3 is 4.74 Å². The molecule has 8 heteroatoms. The van der Waals surface area contributed by atoms with Gasteiger partial charge in [0.1, 0.15) is 11.1 Å². The molecule has 0 atom stereocenters. The Hall–Kier alpha value is -2.64. The van der Waals surface area contributed by atoms with Crippen molar-refractivity contribution in [2.75, 3.05) is 5.43 Å². The van der Waals surface area contributed by atoms with Crippen molar-refractivity contribution in [3.8, 4) is 0 Å². The van der Waals surface area contributed by atoms with Crippen LogP contribution in [0.15, 0.2) is 24.4 Å². The molecule has 1 aromatic carbocycles. The van der Waals surface area contributed by atoms with Crippen LogP contribution in [-0.2, 0) is 4.74 Å². The quantitative estimate of drug-likeness (QED) is 0.671. The topological polar surface area (TPSA) is 99.3 Å². The van der Waals surface area contributed by atoms with Gasteiger partial charge >= 0.3 is 6.09 Å². The predicted octanol–water partition coefficient (Wildman–Crippen LogP) is 2.42. The number of amides is 1. The predicted molar refractivity (Wildman–Crippen MR) is 72.0 cm³/mol. The maximum absolute atomic E-state index is 11.6. The van der Waals surface area contributed by atoms with E-state index in [-0.39, 0.29) is 5.69 Å². The zero-order valence-corrected chi connectivity index (χ0v) is 11.3. The zero-order valence-electron chi connectivity index (χ0n) is 11.3. The van der Waals surface area contributed by atoms with E-state index in [0.29, 0.717) is 10.9 Å². The molecule has 0 aliphatic carbocycles. The minimum absolute atomic E-state index is 0.0555. The Kier molecular flexibility index (Phi) is 3.31. The lowest BCUT2D eigenvalue weighted by atomic mass is 10.2.